The predicted molar refractivity (Wildman–Crippen MR) is 116 cm³/mol. The summed E-state index contributed by atoms with van der Waals surface area (Å²) in [6.07, 6.45) is -4.96. The predicted octanol–water partition coefficient (Wildman–Crippen LogP) is 6.85. The fourth-order valence-corrected chi connectivity index (χ4v) is 3.16. The molecule has 4 aromatic rings. The molecule has 0 radical (unpaired) electrons. The lowest BCUT2D eigenvalue weighted by atomic mass is 10.2. The van der Waals surface area contributed by atoms with Gasteiger partial charge in [-0.2, -0.15) is 13.2 Å². The van der Waals surface area contributed by atoms with E-state index in [1.807, 2.05) is 0 Å². The Balaban J connectivity index is 1.69. The first-order valence-corrected chi connectivity index (χ1v) is 9.99. The number of hydrogen-bond acceptors (Lipinski definition) is 5. The third kappa shape index (κ3) is 5.06. The van der Waals surface area contributed by atoms with Crippen molar-refractivity contribution in [2.45, 2.75) is 12.8 Å². The van der Waals surface area contributed by atoms with Crippen LogP contribution in [0.3, 0.4) is 0 Å². The van der Waals surface area contributed by atoms with Crippen molar-refractivity contribution in [1.82, 2.24) is 0 Å². The number of ether oxygens (including phenoxy) is 3. The number of benzene rings is 3. The van der Waals surface area contributed by atoms with Crippen LogP contribution >= 0.6 is 11.6 Å². The van der Waals surface area contributed by atoms with Gasteiger partial charge in [-0.15, -0.1) is 0 Å². The zero-order chi connectivity index (χ0) is 23.6. The highest BCUT2D eigenvalue weighted by atomic mass is 35.5. The van der Waals surface area contributed by atoms with Gasteiger partial charge in [0.15, 0.2) is 0 Å². The van der Waals surface area contributed by atoms with E-state index in [1.54, 1.807) is 24.3 Å². The van der Waals surface area contributed by atoms with Crippen LogP contribution < -0.4 is 19.6 Å². The van der Waals surface area contributed by atoms with E-state index in [9.17, 15) is 18.0 Å². The number of hydrogen-bond donors (Lipinski definition) is 0. The first-order chi connectivity index (χ1) is 15.7. The molecule has 0 aliphatic heterocycles. The number of fused-ring (bicyclic) bond motifs is 1. The van der Waals surface area contributed by atoms with Crippen LogP contribution in [0.2, 0.25) is 5.02 Å². The van der Waals surface area contributed by atoms with Crippen molar-refractivity contribution >= 4 is 22.6 Å². The molecular weight excluding hydrogens is 461 g/mol. The van der Waals surface area contributed by atoms with Crippen LogP contribution in [-0.4, -0.2) is 7.11 Å². The number of methoxy groups -OCH3 is 1. The third-order valence-electron chi connectivity index (χ3n) is 4.68. The molecule has 0 N–H and O–H groups in total. The lowest BCUT2D eigenvalue weighted by Crippen LogP contribution is -2.15. The Kier molecular flexibility index (Phi) is 6.20. The maximum atomic E-state index is 13.7. The molecule has 0 aliphatic carbocycles. The van der Waals surface area contributed by atoms with E-state index < -0.39 is 23.1 Å². The minimum Gasteiger partial charge on any atom is -0.497 e. The molecule has 0 aliphatic rings. The molecule has 4 rings (SSSR count). The maximum Gasteiger partial charge on any atom is 0.453 e. The third-order valence-corrected chi connectivity index (χ3v) is 4.93. The maximum absolute atomic E-state index is 13.7. The summed E-state index contributed by atoms with van der Waals surface area (Å²) >= 11 is 5.85. The fraction of sp³-hybridized carbons (Fsp3) is 0.125. The molecule has 33 heavy (non-hydrogen) atoms. The normalized spacial score (nSPS) is 11.4. The van der Waals surface area contributed by atoms with Crippen LogP contribution in [0.25, 0.3) is 11.0 Å². The van der Waals surface area contributed by atoms with E-state index in [0.717, 1.165) is 5.56 Å². The zero-order valence-corrected chi connectivity index (χ0v) is 17.9. The Morgan fingerprint density at radius 1 is 0.909 bits per heavy atom. The van der Waals surface area contributed by atoms with E-state index in [-0.39, 0.29) is 29.1 Å². The van der Waals surface area contributed by atoms with Crippen LogP contribution in [-0.2, 0) is 12.8 Å². The highest BCUT2D eigenvalue weighted by molar-refractivity contribution is 6.30. The summed E-state index contributed by atoms with van der Waals surface area (Å²) in [6.45, 7) is 0.150. The van der Waals surface area contributed by atoms with Gasteiger partial charge >= 0.3 is 6.18 Å². The van der Waals surface area contributed by atoms with Crippen molar-refractivity contribution in [3.8, 4) is 23.0 Å². The Labute approximate surface area is 190 Å². The molecule has 0 unspecified atom stereocenters. The first-order valence-electron chi connectivity index (χ1n) is 9.62. The van der Waals surface area contributed by atoms with Crippen molar-refractivity contribution in [2.75, 3.05) is 7.11 Å². The van der Waals surface area contributed by atoms with Gasteiger partial charge in [-0.1, -0.05) is 23.7 Å². The molecule has 0 amide bonds. The molecule has 0 fully saturated rings. The second-order valence-electron chi connectivity index (χ2n) is 6.94. The van der Waals surface area contributed by atoms with Crippen LogP contribution in [0, 0.1) is 0 Å². The lowest BCUT2D eigenvalue weighted by Gasteiger charge is -2.14. The monoisotopic (exact) mass is 476 g/mol. The minimum absolute atomic E-state index is 0.0240. The van der Waals surface area contributed by atoms with Gasteiger partial charge in [0.05, 0.1) is 12.5 Å². The molecule has 0 saturated carbocycles. The molecular formula is C24H16ClF3O5. The molecule has 170 valence electrons. The number of alkyl halides is 3. The van der Waals surface area contributed by atoms with Gasteiger partial charge in [-0.3, -0.25) is 4.79 Å². The van der Waals surface area contributed by atoms with Crippen LogP contribution in [0.15, 0.2) is 75.9 Å². The molecule has 3 aromatic carbocycles. The molecule has 0 atom stereocenters. The van der Waals surface area contributed by atoms with Crippen molar-refractivity contribution < 1.29 is 31.8 Å². The second-order valence-corrected chi connectivity index (χ2v) is 7.37. The van der Waals surface area contributed by atoms with Crippen molar-refractivity contribution in [3.63, 3.8) is 0 Å². The average Bonchev–Trinajstić information content (AvgIpc) is 2.80. The summed E-state index contributed by atoms with van der Waals surface area (Å²) in [6, 6.07) is 16.7. The Morgan fingerprint density at radius 2 is 1.55 bits per heavy atom. The Hall–Kier alpha value is -3.65. The summed E-state index contributed by atoms with van der Waals surface area (Å²) in [5.74, 6) is -1.75. The van der Waals surface area contributed by atoms with E-state index in [2.05, 4.69) is 0 Å². The van der Waals surface area contributed by atoms with Gasteiger partial charge < -0.3 is 18.6 Å². The second kappa shape index (κ2) is 9.07. The molecule has 0 spiro atoms. The standard InChI is InChI=1S/C24H16ClF3O5/c1-30-16-6-8-17(9-7-16)32-22-21(29)19-11-10-18(12-20(19)33-23(22)24(26,27)28)31-13-14-2-4-15(25)5-3-14/h2-12H,13H2,1H3. The average molecular weight is 477 g/mol. The number of halogens is 4. The summed E-state index contributed by atoms with van der Waals surface area (Å²) in [5.41, 5.74) is -0.424. The summed E-state index contributed by atoms with van der Waals surface area (Å²) in [5, 5.41) is 0.490. The van der Waals surface area contributed by atoms with E-state index >= 15 is 0 Å². The fourth-order valence-electron chi connectivity index (χ4n) is 3.03. The van der Waals surface area contributed by atoms with Crippen molar-refractivity contribution in [2.24, 2.45) is 0 Å². The van der Waals surface area contributed by atoms with E-state index in [0.29, 0.717) is 10.8 Å². The topological polar surface area (TPSA) is 57.9 Å². The molecule has 1 aromatic heterocycles. The van der Waals surface area contributed by atoms with E-state index in [1.165, 1.54) is 49.6 Å². The highest BCUT2D eigenvalue weighted by Crippen LogP contribution is 2.39. The highest BCUT2D eigenvalue weighted by Gasteiger charge is 2.40. The van der Waals surface area contributed by atoms with Gasteiger partial charge in [0.2, 0.25) is 11.2 Å². The van der Waals surface area contributed by atoms with Crippen LogP contribution in [0.5, 0.6) is 23.0 Å². The number of rotatable bonds is 6. The molecule has 5 nitrogen and oxygen atoms in total. The summed E-state index contributed by atoms with van der Waals surface area (Å²) in [7, 11) is 1.45. The van der Waals surface area contributed by atoms with E-state index in [4.69, 9.17) is 30.2 Å². The van der Waals surface area contributed by atoms with Gasteiger partial charge in [0.1, 0.15) is 29.4 Å². The largest absolute Gasteiger partial charge is 0.497 e. The minimum atomic E-state index is -4.96. The van der Waals surface area contributed by atoms with Crippen LogP contribution in [0.4, 0.5) is 13.2 Å². The smallest absolute Gasteiger partial charge is 0.453 e. The summed E-state index contributed by atoms with van der Waals surface area (Å²) < 4.78 is 62.1. The molecule has 9 heteroatoms. The van der Waals surface area contributed by atoms with Crippen LogP contribution in [0.1, 0.15) is 11.3 Å². The van der Waals surface area contributed by atoms with Crippen molar-refractivity contribution in [1.29, 1.82) is 0 Å². The quantitative estimate of drug-likeness (QED) is 0.305. The first kappa shape index (κ1) is 22.5. The lowest BCUT2D eigenvalue weighted by molar-refractivity contribution is -0.154. The van der Waals surface area contributed by atoms with Crippen molar-refractivity contribution in [3.05, 3.63) is 93.3 Å². The van der Waals surface area contributed by atoms with Gasteiger partial charge in [-0.25, -0.2) is 0 Å². The SMILES string of the molecule is COc1ccc(Oc2c(C(F)(F)F)oc3cc(OCc4ccc(Cl)cc4)ccc3c2=O)cc1. The Morgan fingerprint density at radius 3 is 2.18 bits per heavy atom. The molecule has 1 heterocycles. The molecule has 0 bridgehead atoms. The Bertz CT molecular complexity index is 1330. The van der Waals surface area contributed by atoms with Gasteiger partial charge in [0.25, 0.3) is 5.76 Å². The van der Waals surface area contributed by atoms with Gasteiger partial charge in [0, 0.05) is 11.1 Å². The summed E-state index contributed by atoms with van der Waals surface area (Å²) in [4.78, 5) is 12.9. The van der Waals surface area contributed by atoms with Gasteiger partial charge in [-0.05, 0) is 54.1 Å². The zero-order valence-electron chi connectivity index (χ0n) is 17.1. The molecule has 0 saturated heterocycles.